The maximum absolute atomic E-state index is 11.9. The minimum Gasteiger partial charge on any atom is -0.444 e. The molecule has 8 nitrogen and oxygen atoms in total. The van der Waals surface area contributed by atoms with Crippen LogP contribution in [0.4, 0.5) is 4.79 Å². The fourth-order valence-corrected chi connectivity index (χ4v) is 2.36. The Morgan fingerprint density at radius 3 is 2.52 bits per heavy atom. The van der Waals surface area contributed by atoms with Crippen molar-refractivity contribution >= 4 is 41.9 Å². The van der Waals surface area contributed by atoms with E-state index < -0.39 is 5.60 Å². The van der Waals surface area contributed by atoms with E-state index in [9.17, 15) is 9.59 Å². The first-order valence-electron chi connectivity index (χ1n) is 8.48. The number of hydrogen-bond donors (Lipinski definition) is 3. The molecule has 1 rings (SSSR count). The van der Waals surface area contributed by atoms with Crippen molar-refractivity contribution in [3.05, 3.63) is 0 Å². The van der Waals surface area contributed by atoms with E-state index >= 15 is 0 Å². The van der Waals surface area contributed by atoms with E-state index in [1.165, 1.54) is 6.92 Å². The van der Waals surface area contributed by atoms with Crippen LogP contribution in [0, 0.1) is 0 Å². The van der Waals surface area contributed by atoms with Crippen LogP contribution in [0.15, 0.2) is 4.99 Å². The summed E-state index contributed by atoms with van der Waals surface area (Å²) in [6.45, 7) is 12.3. The second-order valence-corrected chi connectivity index (χ2v) is 6.80. The van der Waals surface area contributed by atoms with E-state index in [4.69, 9.17) is 4.74 Å². The highest BCUT2D eigenvalue weighted by Gasteiger charge is 2.27. The van der Waals surface area contributed by atoms with Crippen molar-refractivity contribution in [3.8, 4) is 0 Å². The molecule has 0 radical (unpaired) electrons. The zero-order valence-corrected chi connectivity index (χ0v) is 18.2. The number of hydrogen-bond acceptors (Lipinski definition) is 4. The lowest BCUT2D eigenvalue weighted by Gasteiger charge is -2.23. The second-order valence-electron chi connectivity index (χ2n) is 6.80. The largest absolute Gasteiger partial charge is 0.444 e. The van der Waals surface area contributed by atoms with E-state index in [-0.39, 0.29) is 42.0 Å². The molecule has 0 aromatic carbocycles. The topological polar surface area (TPSA) is 95.1 Å². The Labute approximate surface area is 167 Å². The van der Waals surface area contributed by atoms with Crippen molar-refractivity contribution in [2.75, 3.05) is 32.7 Å². The summed E-state index contributed by atoms with van der Waals surface area (Å²) in [5.41, 5.74) is -0.498. The summed E-state index contributed by atoms with van der Waals surface area (Å²) in [4.78, 5) is 29.4. The smallest absolute Gasteiger partial charge is 0.407 e. The molecule has 1 fully saturated rings. The van der Waals surface area contributed by atoms with Crippen LogP contribution in [0.1, 0.15) is 41.0 Å². The van der Waals surface area contributed by atoms with E-state index in [1.54, 1.807) is 0 Å². The lowest BCUT2D eigenvalue weighted by Crippen LogP contribution is -2.44. The Morgan fingerprint density at radius 1 is 1.28 bits per heavy atom. The van der Waals surface area contributed by atoms with Crippen molar-refractivity contribution < 1.29 is 14.3 Å². The molecule has 3 N–H and O–H groups in total. The molecule has 0 saturated carbocycles. The number of carbonyl (C=O) groups is 2. The van der Waals surface area contributed by atoms with Gasteiger partial charge in [0.25, 0.3) is 0 Å². The molecule has 1 heterocycles. The zero-order chi connectivity index (χ0) is 18.2. The van der Waals surface area contributed by atoms with Crippen LogP contribution in [0.2, 0.25) is 0 Å². The Morgan fingerprint density at radius 2 is 1.96 bits per heavy atom. The lowest BCUT2D eigenvalue weighted by atomic mass is 10.2. The van der Waals surface area contributed by atoms with Crippen molar-refractivity contribution in [1.29, 1.82) is 0 Å². The average molecular weight is 469 g/mol. The third-order valence-corrected chi connectivity index (χ3v) is 3.29. The third kappa shape index (κ3) is 10.4. The molecular formula is C16H32IN5O3. The number of amides is 2. The van der Waals surface area contributed by atoms with Crippen LogP contribution in [-0.4, -0.2) is 67.2 Å². The van der Waals surface area contributed by atoms with Gasteiger partial charge in [-0.1, -0.05) is 0 Å². The minimum absolute atomic E-state index is 0. The van der Waals surface area contributed by atoms with Crippen molar-refractivity contribution in [3.63, 3.8) is 0 Å². The summed E-state index contributed by atoms with van der Waals surface area (Å²) >= 11 is 0. The average Bonchev–Trinajstić information content (AvgIpc) is 2.88. The highest BCUT2D eigenvalue weighted by Crippen LogP contribution is 2.12. The number of guanidine groups is 1. The van der Waals surface area contributed by atoms with Gasteiger partial charge in [0.15, 0.2) is 5.96 Å². The summed E-state index contributed by atoms with van der Waals surface area (Å²) in [5.74, 6) is 0.745. The first-order chi connectivity index (χ1) is 11.2. The summed E-state index contributed by atoms with van der Waals surface area (Å²) in [5, 5.41) is 8.87. The standard InChI is InChI=1S/C16H31N5O3.HI/c1-6-17-14(19-9-8-18-12(2)22)21-10-7-13(11-21)20-15(23)24-16(3,4)5;/h13H,6-11H2,1-5H3,(H,17,19)(H,18,22)(H,20,23);1H. The quantitative estimate of drug-likeness (QED) is 0.244. The minimum atomic E-state index is -0.498. The van der Waals surface area contributed by atoms with Crippen LogP contribution < -0.4 is 16.0 Å². The number of carbonyl (C=O) groups excluding carboxylic acids is 2. The molecule has 0 aliphatic carbocycles. The fraction of sp³-hybridized carbons (Fsp3) is 0.812. The molecule has 1 aliphatic rings. The molecule has 146 valence electrons. The first kappa shape index (κ1) is 23.7. The Kier molecular flexibility index (Phi) is 10.8. The molecule has 1 aliphatic heterocycles. The zero-order valence-electron chi connectivity index (χ0n) is 15.8. The molecule has 0 bridgehead atoms. The van der Waals surface area contributed by atoms with Gasteiger partial charge < -0.3 is 25.6 Å². The van der Waals surface area contributed by atoms with Gasteiger partial charge in [-0.3, -0.25) is 9.79 Å². The molecule has 25 heavy (non-hydrogen) atoms. The first-order valence-corrected chi connectivity index (χ1v) is 8.48. The maximum atomic E-state index is 11.9. The highest BCUT2D eigenvalue weighted by molar-refractivity contribution is 14.0. The van der Waals surface area contributed by atoms with Crippen molar-refractivity contribution in [2.45, 2.75) is 52.7 Å². The Bertz CT molecular complexity index is 465. The van der Waals surface area contributed by atoms with Crippen LogP contribution in [-0.2, 0) is 9.53 Å². The molecule has 0 spiro atoms. The van der Waals surface area contributed by atoms with Gasteiger partial charge in [0.1, 0.15) is 5.60 Å². The fourth-order valence-electron chi connectivity index (χ4n) is 2.36. The summed E-state index contributed by atoms with van der Waals surface area (Å²) in [7, 11) is 0. The molecule has 1 atom stereocenters. The molecule has 0 aromatic heterocycles. The number of aliphatic imine (C=N–C) groups is 1. The molecule has 9 heteroatoms. The van der Waals surface area contributed by atoms with Gasteiger partial charge in [0.2, 0.25) is 5.91 Å². The molecule has 1 saturated heterocycles. The summed E-state index contributed by atoms with van der Waals surface area (Å²) in [6, 6.07) is 0.0408. The van der Waals surface area contributed by atoms with Crippen molar-refractivity contribution in [2.24, 2.45) is 4.99 Å². The second kappa shape index (κ2) is 11.4. The lowest BCUT2D eigenvalue weighted by molar-refractivity contribution is -0.118. The van der Waals surface area contributed by atoms with Gasteiger partial charge in [0.05, 0.1) is 12.6 Å². The number of nitrogens with one attached hydrogen (secondary N) is 3. The predicted octanol–water partition coefficient (Wildman–Crippen LogP) is 1.31. The van der Waals surface area contributed by atoms with Crippen LogP contribution in [0.25, 0.3) is 0 Å². The van der Waals surface area contributed by atoms with E-state index in [0.29, 0.717) is 19.6 Å². The third-order valence-electron chi connectivity index (χ3n) is 3.29. The van der Waals surface area contributed by atoms with E-state index in [1.807, 2.05) is 27.7 Å². The maximum Gasteiger partial charge on any atom is 0.407 e. The number of nitrogens with zero attached hydrogens (tertiary/aromatic N) is 2. The van der Waals surface area contributed by atoms with Crippen LogP contribution in [0.5, 0.6) is 0 Å². The van der Waals surface area contributed by atoms with Gasteiger partial charge >= 0.3 is 6.09 Å². The number of alkyl carbamates (subject to hydrolysis) is 1. The van der Waals surface area contributed by atoms with E-state index in [2.05, 4.69) is 25.8 Å². The molecule has 0 aromatic rings. The van der Waals surface area contributed by atoms with Crippen LogP contribution >= 0.6 is 24.0 Å². The van der Waals surface area contributed by atoms with Gasteiger partial charge in [0, 0.05) is 33.1 Å². The molecular weight excluding hydrogens is 437 g/mol. The Balaban J connectivity index is 0.00000576. The SMILES string of the molecule is CCNC(=NCCNC(C)=O)N1CCC(NC(=O)OC(C)(C)C)C1.I. The number of halogens is 1. The van der Waals surface area contributed by atoms with Gasteiger partial charge in [-0.15, -0.1) is 24.0 Å². The molecule has 2 amide bonds. The molecule has 1 unspecified atom stereocenters. The number of rotatable bonds is 5. The Hall–Kier alpha value is -1.26. The van der Waals surface area contributed by atoms with Crippen molar-refractivity contribution in [1.82, 2.24) is 20.9 Å². The van der Waals surface area contributed by atoms with Gasteiger partial charge in [-0.05, 0) is 34.1 Å². The predicted molar refractivity (Wildman–Crippen MR) is 109 cm³/mol. The van der Waals surface area contributed by atoms with Gasteiger partial charge in [-0.2, -0.15) is 0 Å². The highest BCUT2D eigenvalue weighted by atomic mass is 127. The normalized spacial score (nSPS) is 17.6. The van der Waals surface area contributed by atoms with E-state index in [0.717, 1.165) is 25.5 Å². The summed E-state index contributed by atoms with van der Waals surface area (Å²) in [6.07, 6.45) is 0.456. The van der Waals surface area contributed by atoms with Gasteiger partial charge in [-0.25, -0.2) is 4.79 Å². The van der Waals surface area contributed by atoms with Crippen LogP contribution in [0.3, 0.4) is 0 Å². The monoisotopic (exact) mass is 469 g/mol. The number of ether oxygens (including phenoxy) is 1. The number of likely N-dealkylation sites (tertiary alicyclic amines) is 1. The summed E-state index contributed by atoms with van der Waals surface area (Å²) < 4.78 is 5.29.